The van der Waals surface area contributed by atoms with Gasteiger partial charge in [-0.3, -0.25) is 0 Å². The summed E-state index contributed by atoms with van der Waals surface area (Å²) in [6.45, 7) is 0. The van der Waals surface area contributed by atoms with E-state index < -0.39 is 0 Å². The lowest BCUT2D eigenvalue weighted by atomic mass is 9.90. The van der Waals surface area contributed by atoms with E-state index in [0.29, 0.717) is 0 Å². The van der Waals surface area contributed by atoms with Crippen molar-refractivity contribution in [2.24, 2.45) is 0 Å². The first-order valence-corrected chi connectivity index (χ1v) is 4.80. The predicted molar refractivity (Wildman–Crippen MR) is 53.2 cm³/mol. The van der Waals surface area contributed by atoms with Gasteiger partial charge in [0.15, 0.2) is 0 Å². The van der Waals surface area contributed by atoms with Crippen LogP contribution in [0.3, 0.4) is 0 Å². The van der Waals surface area contributed by atoms with Crippen LogP contribution >= 0.6 is 22.6 Å². The standard InChI is InChI=1S/C9H7I/c10-6-8-5-7-3-1-2-4-9(7)8/h1-5H,6H2. The summed E-state index contributed by atoms with van der Waals surface area (Å²) in [6.07, 6.45) is 2.25. The van der Waals surface area contributed by atoms with Gasteiger partial charge in [0.05, 0.1) is 0 Å². The van der Waals surface area contributed by atoms with Crippen LogP contribution < -0.4 is 0 Å². The van der Waals surface area contributed by atoms with Gasteiger partial charge in [-0.25, -0.2) is 0 Å². The average Bonchev–Trinajstić information content (AvgIpc) is 1.92. The summed E-state index contributed by atoms with van der Waals surface area (Å²) in [4.78, 5) is 0. The lowest BCUT2D eigenvalue weighted by Gasteiger charge is -2.17. The van der Waals surface area contributed by atoms with E-state index in [0.717, 1.165) is 4.43 Å². The van der Waals surface area contributed by atoms with Crippen LogP contribution in [0.15, 0.2) is 24.3 Å². The lowest BCUT2D eigenvalue weighted by Crippen LogP contribution is -1.98. The monoisotopic (exact) mass is 242 g/mol. The smallest absolute Gasteiger partial charge is 0.0253 e. The second-order valence-corrected chi connectivity index (χ2v) is 3.15. The maximum absolute atomic E-state index is 2.39. The second kappa shape index (κ2) is 2.38. The maximum atomic E-state index is 2.39. The number of rotatable bonds is 1. The Morgan fingerprint density at radius 2 is 2.00 bits per heavy atom. The zero-order valence-corrected chi connectivity index (χ0v) is 7.63. The molecular formula is C9H7I. The van der Waals surface area contributed by atoms with Gasteiger partial charge in [-0.1, -0.05) is 46.9 Å². The fourth-order valence-corrected chi connectivity index (χ4v) is 1.84. The van der Waals surface area contributed by atoms with Crippen molar-refractivity contribution >= 4 is 34.2 Å². The molecule has 0 radical (unpaired) electrons. The summed E-state index contributed by atoms with van der Waals surface area (Å²) in [5, 5.41) is 0. The zero-order chi connectivity index (χ0) is 6.97. The van der Waals surface area contributed by atoms with Crippen molar-refractivity contribution in [2.75, 3.05) is 4.43 Å². The molecule has 0 aliphatic heterocycles. The quantitative estimate of drug-likeness (QED) is 0.524. The third kappa shape index (κ3) is 0.804. The van der Waals surface area contributed by atoms with E-state index in [1.165, 1.54) is 16.7 Å². The Bertz CT molecular complexity index is 287. The van der Waals surface area contributed by atoms with E-state index in [4.69, 9.17) is 0 Å². The average molecular weight is 242 g/mol. The van der Waals surface area contributed by atoms with Crippen molar-refractivity contribution in [3.63, 3.8) is 0 Å². The SMILES string of the molecule is ICC1=Cc2ccccc21. The summed E-state index contributed by atoms with van der Waals surface area (Å²) in [5.41, 5.74) is 4.32. The first kappa shape index (κ1) is 6.40. The molecule has 0 heterocycles. The molecule has 1 aliphatic carbocycles. The normalized spacial score (nSPS) is 13.5. The van der Waals surface area contributed by atoms with Gasteiger partial charge < -0.3 is 0 Å². The van der Waals surface area contributed by atoms with Gasteiger partial charge >= 0.3 is 0 Å². The van der Waals surface area contributed by atoms with Gasteiger partial charge in [0.25, 0.3) is 0 Å². The fourth-order valence-electron chi connectivity index (χ4n) is 1.21. The van der Waals surface area contributed by atoms with Crippen molar-refractivity contribution in [3.05, 3.63) is 35.4 Å². The first-order chi connectivity index (χ1) is 4.92. The molecule has 1 aromatic rings. The van der Waals surface area contributed by atoms with Crippen molar-refractivity contribution in [1.82, 2.24) is 0 Å². The van der Waals surface area contributed by atoms with Crippen LogP contribution in [0.4, 0.5) is 0 Å². The lowest BCUT2D eigenvalue weighted by molar-refractivity contribution is 1.51. The number of hydrogen-bond donors (Lipinski definition) is 0. The summed E-state index contributed by atoms with van der Waals surface area (Å²) in [6, 6.07) is 8.52. The third-order valence-corrected chi connectivity index (χ3v) is 2.60. The van der Waals surface area contributed by atoms with Crippen LogP contribution in [0.2, 0.25) is 0 Å². The van der Waals surface area contributed by atoms with E-state index in [-0.39, 0.29) is 0 Å². The molecule has 0 nitrogen and oxygen atoms in total. The number of halogens is 1. The van der Waals surface area contributed by atoms with E-state index in [1.807, 2.05) is 0 Å². The van der Waals surface area contributed by atoms with Crippen LogP contribution in [0.25, 0.3) is 11.6 Å². The highest BCUT2D eigenvalue weighted by Crippen LogP contribution is 2.32. The number of allylic oxidation sites excluding steroid dienone is 1. The molecule has 0 spiro atoms. The number of benzene rings is 1. The van der Waals surface area contributed by atoms with Crippen LogP contribution in [-0.2, 0) is 0 Å². The van der Waals surface area contributed by atoms with Crippen LogP contribution in [0, 0.1) is 0 Å². The Morgan fingerprint density at radius 1 is 1.20 bits per heavy atom. The molecule has 2 rings (SSSR count). The van der Waals surface area contributed by atoms with Gasteiger partial charge in [0.1, 0.15) is 0 Å². The second-order valence-electron chi connectivity index (χ2n) is 2.39. The highest BCUT2D eigenvalue weighted by atomic mass is 127. The van der Waals surface area contributed by atoms with Gasteiger partial charge in [-0.15, -0.1) is 0 Å². The molecule has 10 heavy (non-hydrogen) atoms. The Balaban J connectivity index is 2.43. The van der Waals surface area contributed by atoms with E-state index in [1.54, 1.807) is 0 Å². The predicted octanol–water partition coefficient (Wildman–Crippen LogP) is 2.98. The molecular weight excluding hydrogens is 235 g/mol. The fraction of sp³-hybridized carbons (Fsp3) is 0.111. The molecule has 0 atom stereocenters. The molecule has 0 bridgehead atoms. The third-order valence-electron chi connectivity index (χ3n) is 1.78. The molecule has 0 N–H and O–H groups in total. The highest BCUT2D eigenvalue weighted by Gasteiger charge is 2.12. The molecule has 0 saturated heterocycles. The van der Waals surface area contributed by atoms with Gasteiger partial charge in [-0.05, 0) is 22.8 Å². The summed E-state index contributed by atoms with van der Waals surface area (Å²) in [5.74, 6) is 0. The van der Waals surface area contributed by atoms with Gasteiger partial charge in [0.2, 0.25) is 0 Å². The van der Waals surface area contributed by atoms with E-state index >= 15 is 0 Å². The van der Waals surface area contributed by atoms with Crippen LogP contribution in [0.1, 0.15) is 11.1 Å². The van der Waals surface area contributed by atoms with E-state index in [9.17, 15) is 0 Å². The number of hydrogen-bond acceptors (Lipinski definition) is 0. The Kier molecular flexibility index (Phi) is 1.52. The topological polar surface area (TPSA) is 0 Å². The molecule has 1 aliphatic rings. The van der Waals surface area contributed by atoms with Crippen molar-refractivity contribution < 1.29 is 0 Å². The zero-order valence-electron chi connectivity index (χ0n) is 5.47. The molecule has 0 unspecified atom stereocenters. The largest absolute Gasteiger partial charge is 0.0812 e. The summed E-state index contributed by atoms with van der Waals surface area (Å²) < 4.78 is 1.13. The maximum Gasteiger partial charge on any atom is 0.0253 e. The van der Waals surface area contributed by atoms with E-state index in [2.05, 4.69) is 52.9 Å². The number of fused-ring (bicyclic) bond motifs is 1. The molecule has 1 heteroatoms. The minimum Gasteiger partial charge on any atom is -0.0812 e. The Morgan fingerprint density at radius 3 is 2.70 bits per heavy atom. The molecule has 0 amide bonds. The van der Waals surface area contributed by atoms with Crippen LogP contribution in [0.5, 0.6) is 0 Å². The molecule has 1 aromatic carbocycles. The first-order valence-electron chi connectivity index (χ1n) is 3.28. The van der Waals surface area contributed by atoms with Gasteiger partial charge in [0, 0.05) is 4.43 Å². The Hall–Kier alpha value is -0.310. The molecule has 0 fully saturated rings. The molecule has 0 aromatic heterocycles. The van der Waals surface area contributed by atoms with Crippen molar-refractivity contribution in [3.8, 4) is 0 Å². The van der Waals surface area contributed by atoms with Gasteiger partial charge in [-0.2, -0.15) is 0 Å². The summed E-state index contributed by atoms with van der Waals surface area (Å²) in [7, 11) is 0. The minimum atomic E-state index is 1.13. The highest BCUT2D eigenvalue weighted by molar-refractivity contribution is 14.1. The summed E-state index contributed by atoms with van der Waals surface area (Å²) >= 11 is 2.39. The minimum absolute atomic E-state index is 1.13. The van der Waals surface area contributed by atoms with Crippen molar-refractivity contribution in [1.29, 1.82) is 0 Å². The molecule has 0 saturated carbocycles. The Labute approximate surface area is 74.1 Å². The van der Waals surface area contributed by atoms with Crippen molar-refractivity contribution in [2.45, 2.75) is 0 Å². The molecule has 50 valence electrons. The number of alkyl halides is 1. The van der Waals surface area contributed by atoms with Crippen LogP contribution in [-0.4, -0.2) is 4.43 Å².